The first-order valence-electron chi connectivity index (χ1n) is 3.18. The van der Waals surface area contributed by atoms with E-state index in [1.54, 1.807) is 24.3 Å². The Balaban J connectivity index is 3.21. The normalized spacial score (nSPS) is 15.4. The largest absolute Gasteiger partial charge is 0.0694 e. The van der Waals surface area contributed by atoms with Gasteiger partial charge in [-0.3, -0.25) is 0 Å². The van der Waals surface area contributed by atoms with E-state index in [-0.39, 0.29) is 0 Å². The lowest BCUT2D eigenvalue weighted by atomic mass is 10.4. The predicted octanol–water partition coefficient (Wildman–Crippen LogP) is 5.10. The van der Waals surface area contributed by atoms with Crippen LogP contribution in [0, 0.1) is 0 Å². The Morgan fingerprint density at radius 2 is 1.38 bits per heavy atom. The number of benzene rings is 1. The molecule has 7 heteroatoms. The molecule has 0 aliphatic rings. The highest BCUT2D eigenvalue weighted by Gasteiger charge is 2.40. The van der Waals surface area contributed by atoms with Crippen LogP contribution in [0.4, 0.5) is 0 Å². The number of hydrogen-bond acceptors (Lipinski definition) is 1. The summed E-state index contributed by atoms with van der Waals surface area (Å²) < 4.78 is 0.617. The van der Waals surface area contributed by atoms with Gasteiger partial charge in [0.1, 0.15) is 0 Å². The van der Waals surface area contributed by atoms with Crippen molar-refractivity contribution < 1.29 is 0 Å². The maximum absolute atomic E-state index is 5.98. The van der Waals surface area contributed by atoms with Crippen molar-refractivity contribution in [2.45, 2.75) is 4.90 Å². The molecule has 0 radical (unpaired) electrons. The van der Waals surface area contributed by atoms with Crippen LogP contribution in [0.3, 0.4) is 0 Å². The first-order chi connectivity index (χ1) is 5.83. The number of hydrogen-bond donors (Lipinski definition) is 1. The molecule has 0 amide bonds. The van der Waals surface area contributed by atoms with Gasteiger partial charge in [-0.15, -0.1) is 0 Å². The minimum absolute atomic E-state index is 0.503. The summed E-state index contributed by atoms with van der Waals surface area (Å²) in [6, 6.07) is 8.65. The summed E-state index contributed by atoms with van der Waals surface area (Å²) in [6.07, 6.45) is 0. The van der Waals surface area contributed by atoms with E-state index in [4.69, 9.17) is 55.6 Å². The molecule has 0 aliphatic heterocycles. The van der Waals surface area contributed by atoms with Gasteiger partial charge < -0.3 is 0 Å². The van der Waals surface area contributed by atoms with E-state index in [1.807, 2.05) is 6.07 Å². The van der Waals surface area contributed by atoms with E-state index in [9.17, 15) is 0 Å². The van der Waals surface area contributed by atoms with E-state index < -0.39 is 6.99 Å². The molecule has 0 saturated carbocycles. The minimum Gasteiger partial charge on any atom is -0.0694 e. The van der Waals surface area contributed by atoms with Crippen LogP contribution in [-0.4, -0.2) is 3.34 Å². The average molecular weight is 301 g/mol. The molecule has 0 unspecified atom stereocenters. The van der Waals surface area contributed by atoms with Crippen molar-refractivity contribution in [3.63, 3.8) is 0 Å². The van der Waals surface area contributed by atoms with E-state index >= 15 is 0 Å². The Kier molecular flexibility index (Phi) is 3.57. The summed E-state index contributed by atoms with van der Waals surface area (Å²) in [7, 11) is 17.9. The smallest absolute Gasteiger partial charge is 0.0234 e. The van der Waals surface area contributed by atoms with Crippen molar-refractivity contribution in [3.8, 4) is 0 Å². The molecule has 1 aromatic carbocycles. The molecule has 1 rings (SSSR count). The van der Waals surface area contributed by atoms with Crippen molar-refractivity contribution in [1.29, 1.82) is 0 Å². The Labute approximate surface area is 101 Å². The van der Waals surface area contributed by atoms with Crippen molar-refractivity contribution >= 4 is 62.6 Å². The van der Waals surface area contributed by atoms with Gasteiger partial charge >= 0.3 is 0 Å². The van der Waals surface area contributed by atoms with Gasteiger partial charge in [-0.25, -0.2) is 0 Å². The van der Waals surface area contributed by atoms with E-state index in [1.165, 1.54) is 0 Å². The van der Waals surface area contributed by atoms with Crippen LogP contribution < -0.4 is 0 Å². The van der Waals surface area contributed by atoms with Gasteiger partial charge in [0.15, 0.2) is 0 Å². The summed E-state index contributed by atoms with van der Waals surface area (Å²) in [5.74, 6) is 0. The van der Waals surface area contributed by atoms with Gasteiger partial charge in [-0.2, -0.15) is 0 Å². The van der Waals surface area contributed by atoms with Gasteiger partial charge in [0.05, 0.1) is 0 Å². The SMILES string of the molecule is ClN(Cl)[SH](Cl)(Cl)(Cl)c1ccccc1. The Hall–Kier alpha value is 0.980. The topological polar surface area (TPSA) is 3.24 Å². The van der Waals surface area contributed by atoms with Crippen LogP contribution in [0.5, 0.6) is 0 Å². The van der Waals surface area contributed by atoms with Crippen LogP contribution in [0.15, 0.2) is 35.2 Å². The van der Waals surface area contributed by atoms with Crippen LogP contribution in [0.1, 0.15) is 0 Å². The molecule has 0 aromatic heterocycles. The number of thiol groups is 1. The molecule has 13 heavy (non-hydrogen) atoms. The van der Waals surface area contributed by atoms with Crippen LogP contribution in [0.25, 0.3) is 0 Å². The second-order valence-corrected chi connectivity index (χ2v) is 13.6. The Bertz CT molecular complexity index is 293. The highest BCUT2D eigenvalue weighted by molar-refractivity contribution is 8.90. The van der Waals surface area contributed by atoms with E-state index in [2.05, 4.69) is 0 Å². The minimum atomic E-state index is -3.85. The summed E-state index contributed by atoms with van der Waals surface area (Å²) in [6.45, 7) is -3.85. The third-order valence-electron chi connectivity index (χ3n) is 1.41. The lowest BCUT2D eigenvalue weighted by Gasteiger charge is -2.45. The quantitative estimate of drug-likeness (QED) is 0.587. The number of rotatable bonds is 2. The summed E-state index contributed by atoms with van der Waals surface area (Å²) in [5.41, 5.74) is 0. The molecule has 0 heterocycles. The lowest BCUT2D eigenvalue weighted by molar-refractivity contribution is 1.18. The fourth-order valence-corrected chi connectivity index (χ4v) is 3.11. The molecule has 0 spiro atoms. The zero-order valence-corrected chi connectivity index (χ0v) is 10.8. The van der Waals surface area contributed by atoms with E-state index in [0.29, 0.717) is 8.24 Å². The third kappa shape index (κ3) is 2.51. The number of nitrogens with zero attached hydrogens (tertiary/aromatic N) is 1. The molecular weight excluding hydrogens is 295 g/mol. The predicted molar refractivity (Wildman–Crippen MR) is 64.8 cm³/mol. The second-order valence-electron chi connectivity index (χ2n) is 2.32. The zero-order valence-electron chi connectivity index (χ0n) is 6.17. The molecule has 0 atom stereocenters. The fourth-order valence-electron chi connectivity index (χ4n) is 0.751. The van der Waals surface area contributed by atoms with Gasteiger partial charge in [0, 0.05) is 28.4 Å². The molecule has 0 saturated heterocycles. The van der Waals surface area contributed by atoms with Crippen molar-refractivity contribution in [3.05, 3.63) is 30.3 Å². The highest BCUT2D eigenvalue weighted by Crippen LogP contribution is 2.90. The molecule has 0 fully saturated rings. The zero-order chi connectivity index (χ0) is 10.1. The Morgan fingerprint density at radius 3 is 1.77 bits per heavy atom. The summed E-state index contributed by atoms with van der Waals surface area (Å²) >= 11 is 11.0. The molecule has 1 nitrogen and oxygen atoms in total. The highest BCUT2D eigenvalue weighted by atomic mass is 36.2. The monoisotopic (exact) mass is 299 g/mol. The summed E-state index contributed by atoms with van der Waals surface area (Å²) in [4.78, 5) is 0.503. The molecule has 0 N–H and O–H groups in total. The van der Waals surface area contributed by atoms with Crippen LogP contribution in [-0.2, 0) is 0 Å². The fraction of sp³-hybridized carbons (Fsp3) is 0. The number of halogens is 5. The van der Waals surface area contributed by atoms with Gasteiger partial charge in [-0.05, 0) is 51.2 Å². The second kappa shape index (κ2) is 3.86. The maximum atomic E-state index is 5.98. The molecule has 0 aliphatic carbocycles. The molecule has 0 bridgehead atoms. The van der Waals surface area contributed by atoms with Crippen molar-refractivity contribution in [2.75, 3.05) is 0 Å². The molecule has 76 valence electrons. The maximum Gasteiger partial charge on any atom is 0.0234 e. The Morgan fingerprint density at radius 1 is 0.923 bits per heavy atom. The van der Waals surface area contributed by atoms with Gasteiger partial charge in [0.25, 0.3) is 0 Å². The van der Waals surface area contributed by atoms with Crippen LogP contribution in [0.2, 0.25) is 0 Å². The van der Waals surface area contributed by atoms with E-state index in [0.717, 1.165) is 0 Å². The lowest BCUT2D eigenvalue weighted by Crippen LogP contribution is -2.07. The first-order valence-corrected chi connectivity index (χ1v) is 8.76. The van der Waals surface area contributed by atoms with Gasteiger partial charge in [0.2, 0.25) is 0 Å². The average Bonchev–Trinajstić information content (AvgIpc) is 2.05. The summed E-state index contributed by atoms with van der Waals surface area (Å²) in [5, 5.41) is 0. The van der Waals surface area contributed by atoms with Gasteiger partial charge in [-0.1, -0.05) is 21.5 Å². The van der Waals surface area contributed by atoms with Crippen LogP contribution >= 0.6 is 62.6 Å². The van der Waals surface area contributed by atoms with Crippen molar-refractivity contribution in [2.24, 2.45) is 0 Å². The molecule has 1 aromatic rings. The standard InChI is InChI=1S/C6H6Cl5NS/c7-12(8)13(9,10,11)6-4-2-1-3-5-6/h1-5,13H. The van der Waals surface area contributed by atoms with Crippen molar-refractivity contribution in [1.82, 2.24) is 3.34 Å². The molecular formula is C6H6Cl5NS. The first kappa shape index (κ1) is 12.1. The third-order valence-corrected chi connectivity index (χ3v) is 9.34.